The summed E-state index contributed by atoms with van der Waals surface area (Å²) in [5.41, 5.74) is 6.49. The van der Waals surface area contributed by atoms with E-state index in [0.717, 1.165) is 83.6 Å². The van der Waals surface area contributed by atoms with Crippen LogP contribution in [0.2, 0.25) is 0 Å². The average molecular weight is 493 g/mol. The van der Waals surface area contributed by atoms with Gasteiger partial charge in [-0.05, 0) is 67.0 Å². The number of pyridine rings is 1. The molecule has 3 aliphatic rings. The van der Waals surface area contributed by atoms with Gasteiger partial charge in [0.2, 0.25) is 0 Å². The summed E-state index contributed by atoms with van der Waals surface area (Å²) in [4.78, 5) is 21.2. The van der Waals surface area contributed by atoms with Gasteiger partial charge in [-0.2, -0.15) is 5.10 Å². The van der Waals surface area contributed by atoms with Gasteiger partial charge in [0.15, 0.2) is 0 Å². The fourth-order valence-corrected chi connectivity index (χ4v) is 6.26. The molecular formula is C30H32N6O. The second-order valence-corrected chi connectivity index (χ2v) is 11.1. The van der Waals surface area contributed by atoms with E-state index in [2.05, 4.69) is 51.0 Å². The van der Waals surface area contributed by atoms with Gasteiger partial charge in [0.05, 0.1) is 22.9 Å². The lowest BCUT2D eigenvalue weighted by molar-refractivity contribution is 0.0930. The summed E-state index contributed by atoms with van der Waals surface area (Å²) in [5.74, 6) is 1.42. The van der Waals surface area contributed by atoms with Crippen molar-refractivity contribution in [2.24, 2.45) is 18.9 Å². The highest BCUT2D eigenvalue weighted by Crippen LogP contribution is 2.49. The Morgan fingerprint density at radius 1 is 1.08 bits per heavy atom. The molecule has 188 valence electrons. The molecule has 0 bridgehead atoms. The first-order valence-electron chi connectivity index (χ1n) is 13.3. The average Bonchev–Trinajstić information content (AvgIpc) is 3.20. The SMILES string of the molecule is Cc1ccc(N2CC3CNCC3C2)cc1C(=O)NC1(c2cc(-c3cnn(C)c3)nc3ccccc23)CC1. The van der Waals surface area contributed by atoms with E-state index in [9.17, 15) is 4.79 Å². The third-order valence-corrected chi connectivity index (χ3v) is 8.56. The van der Waals surface area contributed by atoms with Crippen molar-refractivity contribution in [3.63, 3.8) is 0 Å². The maximum atomic E-state index is 13.8. The monoisotopic (exact) mass is 492 g/mol. The normalized spacial score (nSPS) is 21.8. The van der Waals surface area contributed by atoms with Crippen LogP contribution in [0, 0.1) is 18.8 Å². The molecule has 2 aromatic carbocycles. The number of anilines is 1. The number of fused-ring (bicyclic) bond motifs is 2. The number of benzene rings is 2. The Morgan fingerprint density at radius 2 is 1.86 bits per heavy atom. The first kappa shape index (κ1) is 22.5. The lowest BCUT2D eigenvalue weighted by Gasteiger charge is -2.23. The van der Waals surface area contributed by atoms with Gasteiger partial charge in [0.1, 0.15) is 0 Å². The van der Waals surface area contributed by atoms with Crippen molar-refractivity contribution in [1.29, 1.82) is 0 Å². The minimum atomic E-state index is -0.380. The van der Waals surface area contributed by atoms with Crippen LogP contribution < -0.4 is 15.5 Å². The highest BCUT2D eigenvalue weighted by Gasteiger charge is 2.47. The lowest BCUT2D eigenvalue weighted by atomic mass is 9.96. The second kappa shape index (κ2) is 8.42. The molecule has 1 amide bonds. The Kier molecular flexibility index (Phi) is 5.11. The number of nitrogens with one attached hydrogen (secondary N) is 2. The van der Waals surface area contributed by atoms with E-state index >= 15 is 0 Å². The Bertz CT molecular complexity index is 1510. The number of amides is 1. The minimum Gasteiger partial charge on any atom is -0.371 e. The van der Waals surface area contributed by atoms with Crippen LogP contribution in [0.3, 0.4) is 0 Å². The van der Waals surface area contributed by atoms with Gasteiger partial charge in [-0.25, -0.2) is 4.98 Å². The molecule has 2 N–H and O–H groups in total. The number of carbonyl (C=O) groups excluding carboxylic acids is 1. The molecule has 1 aliphatic carbocycles. The summed E-state index contributed by atoms with van der Waals surface area (Å²) in [5, 5.41) is 12.4. The van der Waals surface area contributed by atoms with E-state index in [1.165, 1.54) is 0 Å². The summed E-state index contributed by atoms with van der Waals surface area (Å²) in [7, 11) is 1.91. The van der Waals surface area contributed by atoms with Crippen LogP contribution in [-0.4, -0.2) is 46.9 Å². The van der Waals surface area contributed by atoms with E-state index in [-0.39, 0.29) is 11.4 Å². The number of nitrogens with zero attached hydrogens (tertiary/aromatic N) is 4. The van der Waals surface area contributed by atoms with Gasteiger partial charge < -0.3 is 15.5 Å². The van der Waals surface area contributed by atoms with Crippen molar-refractivity contribution in [3.05, 3.63) is 77.6 Å². The summed E-state index contributed by atoms with van der Waals surface area (Å²) >= 11 is 0. The predicted octanol–water partition coefficient (Wildman–Crippen LogP) is 4.02. The van der Waals surface area contributed by atoms with E-state index in [1.54, 1.807) is 4.68 Å². The number of hydrogen-bond donors (Lipinski definition) is 2. The van der Waals surface area contributed by atoms with Gasteiger partial charge in [0.25, 0.3) is 5.91 Å². The van der Waals surface area contributed by atoms with Crippen LogP contribution in [0.15, 0.2) is 60.9 Å². The van der Waals surface area contributed by atoms with Gasteiger partial charge in [-0.3, -0.25) is 9.48 Å². The quantitative estimate of drug-likeness (QED) is 0.440. The van der Waals surface area contributed by atoms with Crippen molar-refractivity contribution in [3.8, 4) is 11.3 Å². The molecule has 37 heavy (non-hydrogen) atoms. The molecule has 4 heterocycles. The Hall–Kier alpha value is -3.71. The Balaban J connectivity index is 1.21. The Morgan fingerprint density at radius 3 is 2.59 bits per heavy atom. The predicted molar refractivity (Wildman–Crippen MR) is 146 cm³/mol. The Labute approximate surface area is 216 Å². The van der Waals surface area contributed by atoms with E-state index in [1.807, 2.05) is 44.6 Å². The number of para-hydroxylation sites is 1. The number of aromatic nitrogens is 3. The highest BCUT2D eigenvalue weighted by molar-refractivity contribution is 5.98. The molecule has 2 aromatic heterocycles. The van der Waals surface area contributed by atoms with Crippen LogP contribution in [0.4, 0.5) is 5.69 Å². The number of hydrogen-bond acceptors (Lipinski definition) is 5. The van der Waals surface area contributed by atoms with E-state index in [4.69, 9.17) is 4.98 Å². The van der Waals surface area contributed by atoms with Crippen LogP contribution in [0.1, 0.15) is 34.3 Å². The molecule has 7 nitrogen and oxygen atoms in total. The third kappa shape index (κ3) is 3.89. The molecule has 1 saturated carbocycles. The molecule has 2 atom stereocenters. The fraction of sp³-hybridized carbons (Fsp3) is 0.367. The summed E-state index contributed by atoms with van der Waals surface area (Å²) in [6.45, 7) is 6.36. The largest absolute Gasteiger partial charge is 0.371 e. The number of rotatable bonds is 5. The maximum absolute atomic E-state index is 13.8. The van der Waals surface area contributed by atoms with Crippen molar-refractivity contribution in [2.75, 3.05) is 31.1 Å². The smallest absolute Gasteiger partial charge is 0.252 e. The fourth-order valence-electron chi connectivity index (χ4n) is 6.26. The third-order valence-electron chi connectivity index (χ3n) is 8.56. The summed E-state index contributed by atoms with van der Waals surface area (Å²) in [6, 6.07) is 16.7. The first-order valence-corrected chi connectivity index (χ1v) is 13.3. The van der Waals surface area contributed by atoms with Crippen molar-refractivity contribution < 1.29 is 4.79 Å². The zero-order valence-electron chi connectivity index (χ0n) is 21.4. The molecular weight excluding hydrogens is 460 g/mol. The molecule has 4 aromatic rings. The van der Waals surface area contributed by atoms with Crippen LogP contribution in [0.25, 0.3) is 22.2 Å². The molecule has 7 rings (SSSR count). The molecule has 0 radical (unpaired) electrons. The van der Waals surface area contributed by atoms with Gasteiger partial charge in [-0.15, -0.1) is 0 Å². The van der Waals surface area contributed by atoms with Crippen molar-refractivity contribution >= 4 is 22.5 Å². The topological polar surface area (TPSA) is 75.1 Å². The minimum absolute atomic E-state index is 0.00160. The van der Waals surface area contributed by atoms with Crippen molar-refractivity contribution in [1.82, 2.24) is 25.4 Å². The molecule has 0 spiro atoms. The van der Waals surface area contributed by atoms with Crippen LogP contribution in [-0.2, 0) is 12.6 Å². The summed E-state index contributed by atoms with van der Waals surface area (Å²) < 4.78 is 1.79. The molecule has 7 heteroatoms. The lowest BCUT2D eigenvalue weighted by Crippen LogP contribution is -2.35. The summed E-state index contributed by atoms with van der Waals surface area (Å²) in [6.07, 6.45) is 5.66. The van der Waals surface area contributed by atoms with Crippen LogP contribution in [0.5, 0.6) is 0 Å². The molecule has 2 unspecified atom stereocenters. The highest BCUT2D eigenvalue weighted by atomic mass is 16.1. The second-order valence-electron chi connectivity index (χ2n) is 11.1. The van der Waals surface area contributed by atoms with E-state index in [0.29, 0.717) is 11.8 Å². The number of carbonyl (C=O) groups is 1. The van der Waals surface area contributed by atoms with Gasteiger partial charge >= 0.3 is 0 Å². The van der Waals surface area contributed by atoms with Gasteiger partial charge in [-0.1, -0.05) is 24.3 Å². The van der Waals surface area contributed by atoms with E-state index < -0.39 is 0 Å². The molecule has 2 aliphatic heterocycles. The zero-order valence-corrected chi connectivity index (χ0v) is 21.4. The number of aryl methyl sites for hydroxylation is 2. The zero-order chi connectivity index (χ0) is 25.1. The van der Waals surface area contributed by atoms with Crippen molar-refractivity contribution in [2.45, 2.75) is 25.3 Å². The van der Waals surface area contributed by atoms with Crippen LogP contribution >= 0.6 is 0 Å². The first-order chi connectivity index (χ1) is 18.0. The molecule has 2 saturated heterocycles. The molecule has 3 fully saturated rings. The maximum Gasteiger partial charge on any atom is 0.252 e. The van der Waals surface area contributed by atoms with Gasteiger partial charge in [0, 0.05) is 61.6 Å². The standard InChI is InChI=1S/C30H32N6O/c1-19-7-8-23(36-17-20-13-31-14-21(20)18-36)11-25(19)29(37)34-30(9-10-30)26-12-28(22-15-32-35(2)16-22)33-27-6-4-3-5-24(26)27/h3-8,11-12,15-16,20-21,31H,9-10,13-14,17-18H2,1-2H3,(H,34,37).